The van der Waals surface area contributed by atoms with Crippen LogP contribution < -0.4 is 4.90 Å². The zero-order valence-corrected chi connectivity index (χ0v) is 13.5. The van der Waals surface area contributed by atoms with E-state index in [9.17, 15) is 4.79 Å². The van der Waals surface area contributed by atoms with E-state index in [-0.39, 0.29) is 5.91 Å². The first-order valence-corrected chi connectivity index (χ1v) is 7.99. The molecule has 2 aliphatic heterocycles. The second kappa shape index (κ2) is 6.66. The number of ether oxygens (including phenoxy) is 1. The molecule has 0 radical (unpaired) electrons. The number of aryl methyl sites for hydroxylation is 2. The number of morpholine rings is 1. The fraction of sp³-hybridized carbons (Fsp3) is 0.733. The van der Waals surface area contributed by atoms with Gasteiger partial charge in [0.2, 0.25) is 5.91 Å². The van der Waals surface area contributed by atoms with E-state index >= 15 is 0 Å². The van der Waals surface area contributed by atoms with Gasteiger partial charge in [-0.1, -0.05) is 0 Å². The molecule has 2 fully saturated rings. The number of hydrogen-bond donors (Lipinski definition) is 1. The lowest BCUT2D eigenvalue weighted by Crippen LogP contribution is -2.51. The molecular formula is C15H25N5O2. The van der Waals surface area contributed by atoms with Gasteiger partial charge < -0.3 is 14.5 Å². The number of piperazine rings is 1. The summed E-state index contributed by atoms with van der Waals surface area (Å²) in [5.74, 6) is 0.229. The normalized spacial score (nSPS) is 20.5. The van der Waals surface area contributed by atoms with Crippen molar-refractivity contribution in [3.63, 3.8) is 0 Å². The molecule has 1 amide bonds. The molecule has 2 saturated heterocycles. The molecule has 2 aliphatic rings. The highest BCUT2D eigenvalue weighted by Crippen LogP contribution is 2.23. The van der Waals surface area contributed by atoms with Crippen LogP contribution in [0, 0.1) is 13.8 Å². The number of nitrogens with one attached hydrogen (secondary N) is 1. The van der Waals surface area contributed by atoms with Gasteiger partial charge in [0.05, 0.1) is 36.8 Å². The number of anilines is 1. The maximum Gasteiger partial charge on any atom is 0.236 e. The van der Waals surface area contributed by atoms with E-state index in [2.05, 4.69) is 26.9 Å². The maximum atomic E-state index is 12.3. The molecule has 0 aromatic carbocycles. The summed E-state index contributed by atoms with van der Waals surface area (Å²) in [4.78, 5) is 18.8. The Morgan fingerprint density at radius 1 is 1.14 bits per heavy atom. The smallest absolute Gasteiger partial charge is 0.236 e. The standard InChI is InChI=1S/C15H25N5O2/c1-12-15(13(2)17-16-12)20-5-3-18(4-6-20)11-14(21)19-7-9-22-10-8-19/h3-11H2,1-2H3,(H,16,17). The molecule has 3 heterocycles. The summed E-state index contributed by atoms with van der Waals surface area (Å²) in [5, 5.41) is 7.31. The first-order valence-electron chi connectivity index (χ1n) is 7.99. The summed E-state index contributed by atoms with van der Waals surface area (Å²) in [7, 11) is 0. The molecule has 1 aromatic rings. The number of carbonyl (C=O) groups excluding carboxylic acids is 1. The Kier molecular flexibility index (Phi) is 4.63. The van der Waals surface area contributed by atoms with Gasteiger partial charge in [-0.05, 0) is 13.8 Å². The molecule has 0 atom stereocenters. The van der Waals surface area contributed by atoms with Gasteiger partial charge in [-0.2, -0.15) is 5.10 Å². The monoisotopic (exact) mass is 307 g/mol. The minimum absolute atomic E-state index is 0.229. The van der Waals surface area contributed by atoms with Crippen LogP contribution in [-0.4, -0.2) is 84.9 Å². The Hall–Kier alpha value is -1.60. The molecule has 0 spiro atoms. The van der Waals surface area contributed by atoms with E-state index < -0.39 is 0 Å². The number of aromatic amines is 1. The van der Waals surface area contributed by atoms with Gasteiger partial charge in [-0.3, -0.25) is 14.8 Å². The third-order valence-corrected chi connectivity index (χ3v) is 4.50. The van der Waals surface area contributed by atoms with Crippen molar-refractivity contribution in [3.05, 3.63) is 11.4 Å². The first-order chi connectivity index (χ1) is 10.6. The van der Waals surface area contributed by atoms with Crippen molar-refractivity contribution in [1.82, 2.24) is 20.0 Å². The number of H-pyrrole nitrogens is 1. The van der Waals surface area contributed by atoms with Gasteiger partial charge in [0.25, 0.3) is 0 Å². The van der Waals surface area contributed by atoms with Gasteiger partial charge in [-0.15, -0.1) is 0 Å². The number of hydrogen-bond acceptors (Lipinski definition) is 5. The summed E-state index contributed by atoms with van der Waals surface area (Å²) in [6.45, 7) is 11.1. The minimum atomic E-state index is 0.229. The second-order valence-electron chi connectivity index (χ2n) is 6.04. The minimum Gasteiger partial charge on any atom is -0.378 e. The molecular weight excluding hydrogens is 282 g/mol. The third kappa shape index (κ3) is 3.25. The molecule has 0 aliphatic carbocycles. The zero-order chi connectivity index (χ0) is 15.5. The van der Waals surface area contributed by atoms with Crippen molar-refractivity contribution in [2.75, 3.05) is 63.9 Å². The van der Waals surface area contributed by atoms with Crippen molar-refractivity contribution in [1.29, 1.82) is 0 Å². The number of rotatable bonds is 3. The maximum absolute atomic E-state index is 12.3. The highest BCUT2D eigenvalue weighted by Gasteiger charge is 2.24. The van der Waals surface area contributed by atoms with E-state index in [1.807, 2.05) is 11.8 Å². The topological polar surface area (TPSA) is 64.7 Å². The number of nitrogens with zero attached hydrogens (tertiary/aromatic N) is 4. The predicted octanol–water partition coefficient (Wildman–Crippen LogP) is 0.00734. The van der Waals surface area contributed by atoms with Crippen LogP contribution in [0.3, 0.4) is 0 Å². The lowest BCUT2D eigenvalue weighted by molar-refractivity contribution is -0.136. The van der Waals surface area contributed by atoms with Crippen LogP contribution in [0.4, 0.5) is 5.69 Å². The molecule has 0 saturated carbocycles. The van der Waals surface area contributed by atoms with E-state index in [0.29, 0.717) is 19.8 Å². The fourth-order valence-corrected chi connectivity index (χ4v) is 3.24. The Morgan fingerprint density at radius 3 is 2.41 bits per heavy atom. The highest BCUT2D eigenvalue weighted by molar-refractivity contribution is 5.78. The van der Waals surface area contributed by atoms with Crippen LogP contribution in [0.2, 0.25) is 0 Å². The molecule has 1 aromatic heterocycles. The van der Waals surface area contributed by atoms with Gasteiger partial charge in [0.1, 0.15) is 0 Å². The number of aromatic nitrogens is 2. The van der Waals surface area contributed by atoms with Crippen LogP contribution in [0.25, 0.3) is 0 Å². The van der Waals surface area contributed by atoms with Crippen molar-refractivity contribution >= 4 is 11.6 Å². The summed E-state index contributed by atoms with van der Waals surface area (Å²) < 4.78 is 5.29. The molecule has 0 unspecified atom stereocenters. The Morgan fingerprint density at radius 2 is 1.82 bits per heavy atom. The molecule has 3 rings (SSSR count). The van der Waals surface area contributed by atoms with E-state index in [1.54, 1.807) is 0 Å². The van der Waals surface area contributed by atoms with Crippen molar-refractivity contribution < 1.29 is 9.53 Å². The lowest BCUT2D eigenvalue weighted by Gasteiger charge is -2.37. The van der Waals surface area contributed by atoms with Crippen LogP contribution in [0.15, 0.2) is 0 Å². The van der Waals surface area contributed by atoms with Crippen LogP contribution in [-0.2, 0) is 9.53 Å². The SMILES string of the molecule is Cc1n[nH]c(C)c1N1CCN(CC(=O)N2CCOCC2)CC1. The van der Waals surface area contributed by atoms with Crippen molar-refractivity contribution in [2.24, 2.45) is 0 Å². The van der Waals surface area contributed by atoms with Crippen molar-refractivity contribution in [2.45, 2.75) is 13.8 Å². The lowest BCUT2D eigenvalue weighted by atomic mass is 10.2. The summed E-state index contributed by atoms with van der Waals surface area (Å²) in [5.41, 5.74) is 3.39. The molecule has 7 nitrogen and oxygen atoms in total. The van der Waals surface area contributed by atoms with Gasteiger partial charge >= 0.3 is 0 Å². The van der Waals surface area contributed by atoms with E-state index in [0.717, 1.165) is 50.7 Å². The zero-order valence-electron chi connectivity index (χ0n) is 13.5. The summed E-state index contributed by atoms with van der Waals surface area (Å²) in [6.07, 6.45) is 0. The summed E-state index contributed by atoms with van der Waals surface area (Å²) in [6, 6.07) is 0. The molecule has 22 heavy (non-hydrogen) atoms. The average Bonchev–Trinajstić information content (AvgIpc) is 2.88. The Bertz CT molecular complexity index is 497. The van der Waals surface area contributed by atoms with Gasteiger partial charge in [-0.25, -0.2) is 0 Å². The molecule has 7 heteroatoms. The van der Waals surface area contributed by atoms with Gasteiger partial charge in [0, 0.05) is 39.3 Å². The van der Waals surface area contributed by atoms with E-state index in [1.165, 1.54) is 5.69 Å². The predicted molar refractivity (Wildman–Crippen MR) is 84.1 cm³/mol. The first kappa shape index (κ1) is 15.3. The molecule has 1 N–H and O–H groups in total. The number of amides is 1. The largest absolute Gasteiger partial charge is 0.378 e. The van der Waals surface area contributed by atoms with Crippen LogP contribution >= 0.6 is 0 Å². The van der Waals surface area contributed by atoms with E-state index in [4.69, 9.17) is 4.74 Å². The van der Waals surface area contributed by atoms with Gasteiger partial charge in [0.15, 0.2) is 0 Å². The number of carbonyl (C=O) groups is 1. The average molecular weight is 307 g/mol. The summed E-state index contributed by atoms with van der Waals surface area (Å²) >= 11 is 0. The van der Waals surface area contributed by atoms with Crippen LogP contribution in [0.5, 0.6) is 0 Å². The Labute approximate surface area is 131 Å². The Balaban J connectivity index is 1.50. The second-order valence-corrected chi connectivity index (χ2v) is 6.04. The fourth-order valence-electron chi connectivity index (χ4n) is 3.24. The van der Waals surface area contributed by atoms with Crippen LogP contribution in [0.1, 0.15) is 11.4 Å². The molecule has 0 bridgehead atoms. The molecule has 122 valence electrons. The highest BCUT2D eigenvalue weighted by atomic mass is 16.5. The van der Waals surface area contributed by atoms with Crippen molar-refractivity contribution in [3.8, 4) is 0 Å². The quantitative estimate of drug-likeness (QED) is 0.852. The third-order valence-electron chi connectivity index (χ3n) is 4.50.